The summed E-state index contributed by atoms with van der Waals surface area (Å²) in [6.45, 7) is 3.70. The van der Waals surface area contributed by atoms with Crippen molar-refractivity contribution in [2.24, 2.45) is 5.73 Å². The van der Waals surface area contributed by atoms with E-state index in [1.165, 1.54) is 0 Å². The Morgan fingerprint density at radius 2 is 2.12 bits per heavy atom. The Morgan fingerprint density at radius 3 is 2.62 bits per heavy atom. The molecule has 6 nitrogen and oxygen atoms in total. The third kappa shape index (κ3) is 6.36. The van der Waals surface area contributed by atoms with Gasteiger partial charge in [-0.25, -0.2) is 4.79 Å². The number of carbonyl (C=O) groups is 2. The van der Waals surface area contributed by atoms with Crippen LogP contribution >= 0.6 is 0 Å². The summed E-state index contributed by atoms with van der Waals surface area (Å²) in [7, 11) is 0. The molecule has 0 aliphatic rings. The minimum Gasteiger partial charge on any atom is -0.480 e. The van der Waals surface area contributed by atoms with Crippen LogP contribution in [0.4, 0.5) is 0 Å². The summed E-state index contributed by atoms with van der Waals surface area (Å²) in [5, 5.41) is 10.9. The normalized spacial score (nSPS) is 14.2. The maximum atomic E-state index is 11.5. The molecule has 0 bridgehead atoms. The molecule has 0 aliphatic heterocycles. The molecule has 0 spiro atoms. The first kappa shape index (κ1) is 14.9. The summed E-state index contributed by atoms with van der Waals surface area (Å²) >= 11 is 0. The van der Waals surface area contributed by atoms with Gasteiger partial charge in [0.25, 0.3) is 0 Å². The van der Waals surface area contributed by atoms with E-state index in [9.17, 15) is 9.59 Å². The van der Waals surface area contributed by atoms with Crippen LogP contribution in [0.1, 0.15) is 26.7 Å². The van der Waals surface area contributed by atoms with E-state index in [4.69, 9.17) is 15.6 Å². The highest BCUT2D eigenvalue weighted by atomic mass is 16.5. The fourth-order valence-electron chi connectivity index (χ4n) is 1.23. The zero-order valence-corrected chi connectivity index (χ0v) is 9.78. The molecule has 1 unspecified atom stereocenters. The van der Waals surface area contributed by atoms with Crippen molar-refractivity contribution in [3.63, 3.8) is 0 Å². The van der Waals surface area contributed by atoms with Gasteiger partial charge in [0.1, 0.15) is 6.61 Å². The highest BCUT2D eigenvalue weighted by Crippen LogP contribution is 2.07. The van der Waals surface area contributed by atoms with Crippen molar-refractivity contribution in [1.29, 1.82) is 0 Å². The van der Waals surface area contributed by atoms with Gasteiger partial charge >= 0.3 is 5.97 Å². The second kappa shape index (κ2) is 7.19. The molecule has 0 aromatic heterocycles. The largest absolute Gasteiger partial charge is 0.480 e. The number of nitrogens with two attached hydrogens (primary N) is 1. The molecule has 1 atom stereocenters. The number of aliphatic carboxylic acids is 1. The lowest BCUT2D eigenvalue weighted by Crippen LogP contribution is -2.52. The predicted octanol–water partition coefficient (Wildman–Crippen LogP) is -0.279. The van der Waals surface area contributed by atoms with Crippen molar-refractivity contribution in [3.8, 4) is 0 Å². The van der Waals surface area contributed by atoms with Gasteiger partial charge in [-0.05, 0) is 13.3 Å². The molecule has 0 rings (SSSR count). The third-order valence-electron chi connectivity index (χ3n) is 2.05. The minimum atomic E-state index is -1.03. The van der Waals surface area contributed by atoms with Crippen LogP contribution in [0.5, 0.6) is 0 Å². The van der Waals surface area contributed by atoms with E-state index in [1.54, 1.807) is 6.92 Å². The van der Waals surface area contributed by atoms with Crippen LogP contribution in [0.15, 0.2) is 0 Å². The number of hydrogen-bond acceptors (Lipinski definition) is 4. The zero-order valence-electron chi connectivity index (χ0n) is 9.78. The Hall–Kier alpha value is -1.14. The smallest absolute Gasteiger partial charge is 0.329 e. The lowest BCUT2D eigenvalue weighted by Gasteiger charge is -2.22. The molecule has 0 saturated carbocycles. The zero-order chi connectivity index (χ0) is 12.6. The topological polar surface area (TPSA) is 102 Å². The molecule has 4 N–H and O–H groups in total. The highest BCUT2D eigenvalue weighted by Gasteiger charge is 2.26. The van der Waals surface area contributed by atoms with E-state index in [2.05, 4.69) is 5.32 Å². The first-order valence-electron chi connectivity index (χ1n) is 5.27. The van der Waals surface area contributed by atoms with Crippen molar-refractivity contribution >= 4 is 11.9 Å². The summed E-state index contributed by atoms with van der Waals surface area (Å²) in [5.74, 6) is -1.27. The molecule has 0 aromatic rings. The van der Waals surface area contributed by atoms with Gasteiger partial charge in [0.2, 0.25) is 5.91 Å². The standard InChI is InChI=1S/C10H20N2O4/c1-3-4-10(2,11)9(15)12-5-6-16-7-8(13)14/h3-7,11H2,1-2H3,(H,12,15)(H,13,14). The predicted molar refractivity (Wildman–Crippen MR) is 59.0 cm³/mol. The molecule has 0 fully saturated rings. The van der Waals surface area contributed by atoms with E-state index in [1.807, 2.05) is 6.92 Å². The molecule has 6 heteroatoms. The Kier molecular flexibility index (Phi) is 6.67. The van der Waals surface area contributed by atoms with Gasteiger partial charge in [0, 0.05) is 6.54 Å². The van der Waals surface area contributed by atoms with Crippen LogP contribution in [0.25, 0.3) is 0 Å². The number of ether oxygens (including phenoxy) is 1. The van der Waals surface area contributed by atoms with Gasteiger partial charge in [-0.3, -0.25) is 4.79 Å². The molecular weight excluding hydrogens is 212 g/mol. The average Bonchev–Trinajstić information content (AvgIpc) is 2.16. The first-order valence-corrected chi connectivity index (χ1v) is 5.27. The van der Waals surface area contributed by atoms with Crippen LogP contribution in [0, 0.1) is 0 Å². The highest BCUT2D eigenvalue weighted by molar-refractivity contribution is 5.85. The summed E-state index contributed by atoms with van der Waals surface area (Å²) < 4.78 is 4.76. The van der Waals surface area contributed by atoms with Gasteiger partial charge in [0.05, 0.1) is 12.1 Å². The summed E-state index contributed by atoms with van der Waals surface area (Å²) in [4.78, 5) is 21.7. The van der Waals surface area contributed by atoms with Crippen molar-refractivity contribution in [2.45, 2.75) is 32.2 Å². The molecule has 16 heavy (non-hydrogen) atoms. The average molecular weight is 232 g/mol. The SMILES string of the molecule is CCCC(C)(N)C(=O)NCCOCC(=O)O. The number of amides is 1. The van der Waals surface area contributed by atoms with E-state index >= 15 is 0 Å². The Labute approximate surface area is 95.1 Å². The van der Waals surface area contributed by atoms with Crippen LogP contribution in [-0.4, -0.2) is 42.3 Å². The van der Waals surface area contributed by atoms with E-state index in [0.29, 0.717) is 6.42 Å². The van der Waals surface area contributed by atoms with Crippen LogP contribution in [-0.2, 0) is 14.3 Å². The molecule has 94 valence electrons. The van der Waals surface area contributed by atoms with Crippen molar-refractivity contribution < 1.29 is 19.4 Å². The molecule has 1 amide bonds. The van der Waals surface area contributed by atoms with Crippen LogP contribution in [0.2, 0.25) is 0 Å². The second-order valence-electron chi connectivity index (χ2n) is 3.87. The summed E-state index contributed by atoms with van der Waals surface area (Å²) in [6.07, 6.45) is 1.44. The number of carboxylic acids is 1. The number of carbonyl (C=O) groups excluding carboxylic acids is 1. The van der Waals surface area contributed by atoms with Gasteiger partial charge in [-0.1, -0.05) is 13.3 Å². The van der Waals surface area contributed by atoms with E-state index in [-0.39, 0.29) is 25.7 Å². The van der Waals surface area contributed by atoms with Crippen LogP contribution < -0.4 is 11.1 Å². The second-order valence-corrected chi connectivity index (χ2v) is 3.87. The quantitative estimate of drug-likeness (QED) is 0.500. The van der Waals surface area contributed by atoms with Crippen molar-refractivity contribution in [1.82, 2.24) is 5.32 Å². The van der Waals surface area contributed by atoms with Gasteiger partial charge in [0.15, 0.2) is 0 Å². The van der Waals surface area contributed by atoms with E-state index < -0.39 is 11.5 Å². The third-order valence-corrected chi connectivity index (χ3v) is 2.05. The fourth-order valence-corrected chi connectivity index (χ4v) is 1.23. The Morgan fingerprint density at radius 1 is 1.50 bits per heavy atom. The first-order chi connectivity index (χ1) is 7.40. The number of rotatable bonds is 8. The lowest BCUT2D eigenvalue weighted by molar-refractivity contribution is -0.142. The van der Waals surface area contributed by atoms with Crippen LogP contribution in [0.3, 0.4) is 0 Å². The molecule has 0 saturated heterocycles. The molecule has 0 aliphatic carbocycles. The maximum Gasteiger partial charge on any atom is 0.329 e. The molecule has 0 aromatic carbocycles. The molecule has 0 radical (unpaired) electrons. The van der Waals surface area contributed by atoms with E-state index in [0.717, 1.165) is 6.42 Å². The van der Waals surface area contributed by atoms with Gasteiger partial charge in [-0.2, -0.15) is 0 Å². The molecular formula is C10H20N2O4. The number of hydrogen-bond donors (Lipinski definition) is 3. The van der Waals surface area contributed by atoms with Gasteiger partial charge < -0.3 is 20.9 Å². The lowest BCUT2D eigenvalue weighted by atomic mass is 9.97. The Bertz CT molecular complexity index is 241. The van der Waals surface area contributed by atoms with Crippen molar-refractivity contribution in [3.05, 3.63) is 0 Å². The summed E-state index contributed by atoms with van der Waals surface area (Å²) in [6, 6.07) is 0. The number of carboxylic acid groups (broad SMARTS) is 1. The number of nitrogens with one attached hydrogen (secondary N) is 1. The fraction of sp³-hybridized carbons (Fsp3) is 0.800. The monoisotopic (exact) mass is 232 g/mol. The van der Waals surface area contributed by atoms with Gasteiger partial charge in [-0.15, -0.1) is 0 Å². The maximum absolute atomic E-state index is 11.5. The summed E-state index contributed by atoms with van der Waals surface area (Å²) in [5.41, 5.74) is 4.91. The molecule has 0 heterocycles. The Balaban J connectivity index is 3.69. The minimum absolute atomic E-state index is 0.167. The van der Waals surface area contributed by atoms with Crippen molar-refractivity contribution in [2.75, 3.05) is 19.8 Å².